The van der Waals surface area contributed by atoms with Gasteiger partial charge < -0.3 is 5.32 Å². The zero-order valence-electron chi connectivity index (χ0n) is 10.6. The minimum Gasteiger partial charge on any atom is -0.316 e. The molecule has 110 valence electrons. The number of halogens is 3. The maximum absolute atomic E-state index is 4.53. The Hall–Kier alpha value is -0.830. The predicted octanol–water partition coefficient (Wildman–Crippen LogP) is 5.26. The number of nitrogens with zero attached hydrogens (tertiary/aromatic N) is 3. The zero-order chi connectivity index (χ0) is 13.1. The van der Waals surface area contributed by atoms with Crippen LogP contribution in [-0.2, 0) is 0 Å². The lowest BCUT2D eigenvalue weighted by Crippen LogP contribution is -1.91. The lowest BCUT2D eigenvalue weighted by atomic mass is 10.3. The van der Waals surface area contributed by atoms with Gasteiger partial charge in [0.2, 0.25) is 0 Å². The first-order valence-electron chi connectivity index (χ1n) is 5.59. The molecule has 3 aromatic rings. The Kier molecular flexibility index (Phi) is 7.44. The first-order chi connectivity index (χ1) is 9.33. The highest BCUT2D eigenvalue weighted by atomic mass is 79.9. The molecule has 1 N–H and O–H groups in total. The number of hydrogen-bond acceptors (Lipinski definition) is 5. The third-order valence-electron chi connectivity index (χ3n) is 2.39. The van der Waals surface area contributed by atoms with E-state index in [2.05, 4.69) is 36.2 Å². The number of pyridine rings is 2. The molecule has 0 saturated carbocycles. The number of anilines is 2. The lowest BCUT2D eigenvalue weighted by molar-refractivity contribution is 1.26. The smallest absolute Gasteiger partial charge is 0.190 e. The van der Waals surface area contributed by atoms with E-state index >= 15 is 0 Å². The summed E-state index contributed by atoms with van der Waals surface area (Å²) in [4.78, 5) is 13.0. The molecular weight excluding hydrogens is 484 g/mol. The highest BCUT2D eigenvalue weighted by Crippen LogP contribution is 2.35. The minimum absolute atomic E-state index is 0. The van der Waals surface area contributed by atoms with Gasteiger partial charge in [-0.1, -0.05) is 23.5 Å². The third-order valence-corrected chi connectivity index (χ3v) is 4.01. The van der Waals surface area contributed by atoms with E-state index in [-0.39, 0.29) is 34.0 Å². The maximum atomic E-state index is 4.53. The quantitative estimate of drug-likeness (QED) is 0.539. The van der Waals surface area contributed by atoms with Crippen LogP contribution in [0.5, 0.6) is 0 Å². The molecule has 0 aromatic carbocycles. The Balaban J connectivity index is 0.00000110. The number of rotatable bonds is 3. The van der Waals surface area contributed by atoms with Crippen molar-refractivity contribution in [2.75, 3.05) is 5.32 Å². The molecule has 0 amide bonds. The summed E-state index contributed by atoms with van der Waals surface area (Å²) in [7, 11) is 0. The molecule has 21 heavy (non-hydrogen) atoms. The average molecular weight is 495 g/mol. The highest BCUT2D eigenvalue weighted by Gasteiger charge is 2.12. The van der Waals surface area contributed by atoms with Crippen LogP contribution in [0.25, 0.3) is 11.4 Å². The molecule has 0 saturated heterocycles. The van der Waals surface area contributed by atoms with Crippen molar-refractivity contribution in [1.82, 2.24) is 15.0 Å². The van der Waals surface area contributed by atoms with Crippen molar-refractivity contribution < 1.29 is 0 Å². The fraction of sp³-hybridized carbons (Fsp3) is 0. The van der Waals surface area contributed by atoms with Gasteiger partial charge in [0.05, 0.1) is 5.69 Å². The second-order valence-corrected chi connectivity index (χ2v) is 6.01. The van der Waals surface area contributed by atoms with Crippen LogP contribution in [-0.4, -0.2) is 15.0 Å². The van der Waals surface area contributed by atoms with Gasteiger partial charge in [-0.25, -0.2) is 9.97 Å². The molecule has 0 aliphatic heterocycles. The van der Waals surface area contributed by atoms with Gasteiger partial charge in [-0.15, -0.1) is 34.0 Å². The summed E-state index contributed by atoms with van der Waals surface area (Å²) < 4.78 is 0.949. The Morgan fingerprint density at radius 1 is 0.952 bits per heavy atom. The van der Waals surface area contributed by atoms with E-state index in [0.717, 1.165) is 26.1 Å². The summed E-state index contributed by atoms with van der Waals surface area (Å²) >= 11 is 5.04. The molecule has 0 atom stereocenters. The average Bonchev–Trinajstić information content (AvgIpc) is 2.82. The summed E-state index contributed by atoms with van der Waals surface area (Å²) in [6.07, 6.45) is 3.50. The van der Waals surface area contributed by atoms with Crippen LogP contribution in [0.2, 0.25) is 0 Å². The second kappa shape index (κ2) is 8.57. The van der Waals surface area contributed by atoms with Crippen LogP contribution in [0.4, 0.5) is 10.9 Å². The largest absolute Gasteiger partial charge is 0.316 e. The first kappa shape index (κ1) is 18.2. The molecule has 0 aliphatic rings. The minimum atomic E-state index is 0. The van der Waals surface area contributed by atoms with Gasteiger partial charge in [-0.2, -0.15) is 0 Å². The van der Waals surface area contributed by atoms with E-state index in [1.54, 1.807) is 12.4 Å². The Labute approximate surface area is 155 Å². The van der Waals surface area contributed by atoms with Gasteiger partial charge in [0.25, 0.3) is 0 Å². The lowest BCUT2D eigenvalue weighted by Gasteiger charge is -1.99. The number of nitrogens with one attached hydrogen (secondary N) is 1. The van der Waals surface area contributed by atoms with Gasteiger partial charge in [0.1, 0.15) is 15.3 Å². The van der Waals surface area contributed by atoms with E-state index in [1.165, 1.54) is 11.3 Å². The fourth-order valence-electron chi connectivity index (χ4n) is 1.56. The molecule has 0 aliphatic carbocycles. The second-order valence-electron chi connectivity index (χ2n) is 3.70. The van der Waals surface area contributed by atoms with E-state index in [0.29, 0.717) is 0 Å². The predicted molar refractivity (Wildman–Crippen MR) is 101 cm³/mol. The van der Waals surface area contributed by atoms with Crippen molar-refractivity contribution in [2.45, 2.75) is 0 Å². The van der Waals surface area contributed by atoms with Gasteiger partial charge in [-0.05, 0) is 40.2 Å². The molecule has 0 unspecified atom stereocenters. The molecular formula is C13H11Br3N4S. The Bertz CT molecular complexity index is 676. The molecule has 0 spiro atoms. The number of thiazole rings is 1. The fourth-order valence-corrected chi connectivity index (χ4v) is 3.02. The first-order valence-corrected chi connectivity index (χ1v) is 7.19. The van der Waals surface area contributed by atoms with Crippen molar-refractivity contribution >= 4 is 72.2 Å². The van der Waals surface area contributed by atoms with E-state index in [4.69, 9.17) is 0 Å². The normalized spacial score (nSPS) is 9.38. The van der Waals surface area contributed by atoms with Crippen LogP contribution >= 0.6 is 61.2 Å². The summed E-state index contributed by atoms with van der Waals surface area (Å²) in [5, 5.41) is 3.96. The van der Waals surface area contributed by atoms with Crippen molar-refractivity contribution in [3.63, 3.8) is 0 Å². The van der Waals surface area contributed by atoms with Crippen LogP contribution in [0.1, 0.15) is 0 Å². The van der Waals surface area contributed by atoms with Crippen molar-refractivity contribution in [2.24, 2.45) is 0 Å². The maximum Gasteiger partial charge on any atom is 0.190 e. The van der Waals surface area contributed by atoms with Gasteiger partial charge >= 0.3 is 0 Å². The van der Waals surface area contributed by atoms with Crippen molar-refractivity contribution in [3.05, 3.63) is 52.6 Å². The van der Waals surface area contributed by atoms with E-state index < -0.39 is 0 Å². The van der Waals surface area contributed by atoms with E-state index in [1.807, 2.05) is 36.4 Å². The molecule has 0 radical (unpaired) electrons. The monoisotopic (exact) mass is 492 g/mol. The molecule has 3 heterocycles. The molecule has 4 nitrogen and oxygen atoms in total. The van der Waals surface area contributed by atoms with Crippen molar-refractivity contribution in [3.8, 4) is 11.4 Å². The van der Waals surface area contributed by atoms with Gasteiger partial charge in [0.15, 0.2) is 5.13 Å². The topological polar surface area (TPSA) is 50.7 Å². The van der Waals surface area contributed by atoms with Crippen LogP contribution in [0.15, 0.2) is 52.6 Å². The summed E-state index contributed by atoms with van der Waals surface area (Å²) in [5.74, 6) is 0.774. The van der Waals surface area contributed by atoms with Crippen LogP contribution in [0, 0.1) is 0 Å². The summed E-state index contributed by atoms with van der Waals surface area (Å²) in [6.45, 7) is 0. The summed E-state index contributed by atoms with van der Waals surface area (Å²) in [6, 6.07) is 11.5. The highest BCUT2D eigenvalue weighted by molar-refractivity contribution is 9.11. The molecule has 0 bridgehead atoms. The van der Waals surface area contributed by atoms with Gasteiger partial charge in [0, 0.05) is 12.4 Å². The molecule has 0 fully saturated rings. The van der Waals surface area contributed by atoms with Crippen LogP contribution < -0.4 is 5.32 Å². The van der Waals surface area contributed by atoms with Gasteiger partial charge in [-0.3, -0.25) is 4.98 Å². The molecule has 3 aromatic heterocycles. The Morgan fingerprint density at radius 3 is 2.29 bits per heavy atom. The van der Waals surface area contributed by atoms with Crippen molar-refractivity contribution in [1.29, 1.82) is 0 Å². The van der Waals surface area contributed by atoms with Crippen LogP contribution in [0.3, 0.4) is 0 Å². The number of aromatic nitrogens is 3. The number of hydrogen-bond donors (Lipinski definition) is 1. The van der Waals surface area contributed by atoms with E-state index in [9.17, 15) is 0 Å². The summed E-state index contributed by atoms with van der Waals surface area (Å²) in [5.41, 5.74) is 1.68. The third kappa shape index (κ3) is 4.57. The Morgan fingerprint density at radius 2 is 1.67 bits per heavy atom. The molecule has 8 heteroatoms. The SMILES string of the molecule is Br.Br.Brc1sc(Nc2ccccn2)nc1-c1ccccn1. The molecule has 3 rings (SSSR count). The zero-order valence-corrected chi connectivity index (χ0v) is 16.4. The standard InChI is InChI=1S/C13H9BrN4S.2BrH/c14-12-11(9-5-1-3-7-15-9)18-13(19-12)17-10-6-2-4-8-16-10;;/h1-8H,(H,16,17,18);2*1H.